The first-order chi connectivity index (χ1) is 49.0. The van der Waals surface area contributed by atoms with Crippen molar-refractivity contribution < 1.29 is 0 Å². The van der Waals surface area contributed by atoms with E-state index >= 15 is 0 Å². The van der Waals surface area contributed by atoms with Crippen molar-refractivity contribution in [2.45, 2.75) is 96.3 Å². The highest BCUT2D eigenvalue weighted by Crippen LogP contribution is 2.53. The number of hydrogen-bond acceptors (Lipinski definition) is 9. The number of hydrogen-bond donors (Lipinski definition) is 0. The maximum Gasteiger partial charge on any atom is 0.184 e. The Hall–Kier alpha value is -11.8. The molecular weight excluding hydrogens is 1230 g/mol. The summed E-state index contributed by atoms with van der Waals surface area (Å²) < 4.78 is 0. The molecule has 101 heavy (non-hydrogen) atoms. The van der Waals surface area contributed by atoms with Crippen molar-refractivity contribution in [2.75, 3.05) is 0 Å². The van der Waals surface area contributed by atoms with Crippen molar-refractivity contribution in [3.63, 3.8) is 0 Å². The lowest BCUT2D eigenvalue weighted by Crippen LogP contribution is -2.36. The molecule has 9 heteroatoms. The smallest absolute Gasteiger partial charge is 0.184 e. The topological polar surface area (TPSA) is 116 Å². The number of benzene rings is 11. The highest BCUT2D eigenvalue weighted by Gasteiger charge is 2.43. The third-order valence-electron chi connectivity index (χ3n) is 21.4. The van der Waals surface area contributed by atoms with Gasteiger partial charge in [0.2, 0.25) is 0 Å². The molecule has 2 aliphatic carbocycles. The number of fused-ring (bicyclic) bond motifs is 4. The monoisotopic (exact) mass is 1310 g/mol. The summed E-state index contributed by atoms with van der Waals surface area (Å²) in [6.07, 6.45) is 4.97. The molecule has 0 bridgehead atoms. The van der Waals surface area contributed by atoms with Crippen LogP contribution in [0.5, 0.6) is 0 Å². The summed E-state index contributed by atoms with van der Waals surface area (Å²) in [6, 6.07) is 94.6. The molecule has 0 saturated heterocycles. The van der Waals surface area contributed by atoms with Crippen molar-refractivity contribution in [1.82, 2.24) is 44.9 Å². The second-order valence-corrected chi connectivity index (χ2v) is 29.7. The molecule has 0 fully saturated rings. The molecule has 9 nitrogen and oxygen atoms in total. The summed E-state index contributed by atoms with van der Waals surface area (Å²) in [4.78, 5) is 46.6. The molecule has 1 atom stereocenters. The minimum absolute atomic E-state index is 0.0179. The van der Waals surface area contributed by atoms with Gasteiger partial charge in [-0.25, -0.2) is 39.9 Å². The average molecular weight is 1310 g/mol. The number of pyridine rings is 1. The quantitative estimate of drug-likeness (QED) is 0.118. The molecule has 488 valence electrons. The van der Waals surface area contributed by atoms with Crippen LogP contribution in [-0.2, 0) is 21.7 Å². The van der Waals surface area contributed by atoms with E-state index in [1.54, 1.807) is 0 Å². The maximum absolute atomic E-state index is 5.35. The number of para-hydroxylation sites is 3. The van der Waals surface area contributed by atoms with Gasteiger partial charge in [0.05, 0.1) is 16.6 Å². The van der Waals surface area contributed by atoms with E-state index in [-0.39, 0.29) is 21.7 Å². The van der Waals surface area contributed by atoms with Crippen molar-refractivity contribution in [1.29, 1.82) is 0 Å². The van der Waals surface area contributed by atoms with Crippen molar-refractivity contribution in [3.8, 4) is 124 Å². The van der Waals surface area contributed by atoms with Crippen molar-refractivity contribution in [2.24, 2.45) is 0 Å². The highest BCUT2D eigenvalue weighted by molar-refractivity contribution is 5.94. The Bertz CT molecular complexity index is 5740. The Labute approximate surface area is 590 Å². The Morgan fingerprint density at radius 1 is 0.277 bits per heavy atom. The number of aryl methyl sites for hydroxylation is 1. The van der Waals surface area contributed by atoms with Crippen LogP contribution in [0.1, 0.15) is 101 Å². The zero-order valence-corrected chi connectivity index (χ0v) is 58.1. The Morgan fingerprint density at radius 3 is 1.36 bits per heavy atom. The maximum atomic E-state index is 5.35. The zero-order valence-electron chi connectivity index (χ0n) is 58.1. The zero-order chi connectivity index (χ0) is 68.8. The number of aromatic nitrogens is 9. The van der Waals surface area contributed by atoms with Gasteiger partial charge in [0.25, 0.3) is 0 Å². The second-order valence-electron chi connectivity index (χ2n) is 29.7. The lowest BCUT2D eigenvalue weighted by Gasteiger charge is -2.44. The van der Waals surface area contributed by atoms with Crippen LogP contribution in [0.15, 0.2) is 273 Å². The van der Waals surface area contributed by atoms with Crippen LogP contribution in [-0.4, -0.2) is 44.9 Å². The molecule has 0 spiro atoms. The van der Waals surface area contributed by atoms with Crippen LogP contribution in [0, 0.1) is 6.92 Å². The van der Waals surface area contributed by atoms with Gasteiger partial charge in [-0.1, -0.05) is 279 Å². The first-order valence-electron chi connectivity index (χ1n) is 35.1. The largest absolute Gasteiger partial charge is 0.256 e. The van der Waals surface area contributed by atoms with E-state index < -0.39 is 0 Å². The molecule has 0 amide bonds. The lowest BCUT2D eigenvalue weighted by atomic mass is 9.59. The van der Waals surface area contributed by atoms with Crippen LogP contribution < -0.4 is 0 Å². The van der Waals surface area contributed by atoms with Gasteiger partial charge in [-0.05, 0) is 151 Å². The molecule has 15 aromatic rings. The molecule has 1 unspecified atom stereocenters. The average Bonchev–Trinajstić information content (AvgIpc) is 1.70. The van der Waals surface area contributed by atoms with Crippen molar-refractivity contribution in [3.05, 3.63) is 306 Å². The normalized spacial score (nSPS) is 15.7. The number of nitrogens with zero attached hydrogens (tertiary/aromatic N) is 9. The summed E-state index contributed by atoms with van der Waals surface area (Å²) in [5, 5.41) is 1.11. The fourth-order valence-electron chi connectivity index (χ4n) is 16.0. The first kappa shape index (κ1) is 62.7. The molecule has 17 rings (SSSR count). The molecule has 2 aliphatic rings. The van der Waals surface area contributed by atoms with Gasteiger partial charge >= 0.3 is 0 Å². The summed E-state index contributed by atoms with van der Waals surface area (Å²) in [5.41, 5.74) is 26.2. The van der Waals surface area contributed by atoms with Crippen LogP contribution in [0.25, 0.3) is 146 Å². The van der Waals surface area contributed by atoms with E-state index in [2.05, 4.69) is 256 Å². The highest BCUT2D eigenvalue weighted by atomic mass is 15.1. The summed E-state index contributed by atoms with van der Waals surface area (Å²) in [5.74, 6) is 3.49. The van der Waals surface area contributed by atoms with Crippen LogP contribution in [0.4, 0.5) is 0 Å². The van der Waals surface area contributed by atoms with Gasteiger partial charge < -0.3 is 0 Å². The molecule has 0 aliphatic heterocycles. The minimum atomic E-state index is -0.241. The predicted octanol–water partition coefficient (Wildman–Crippen LogP) is 22.5. The van der Waals surface area contributed by atoms with Crippen molar-refractivity contribution >= 4 is 21.9 Å². The molecule has 11 aromatic carbocycles. The fraction of sp³-hybridized carbons (Fsp3) is 0.163. The van der Waals surface area contributed by atoms with Crippen LogP contribution >= 0.6 is 0 Å². The summed E-state index contributed by atoms with van der Waals surface area (Å²) in [7, 11) is 0. The SMILES string of the molecule is Cc1cc2c(cc1-c1ccc(-c3nc(-c4ccccc4)nc(-c4ccc(-c5cccc6cccnc56)cc4)n3)cc1)C(C)(C)CCC2(C)c1cccc(-c2cccc(-c3cccc(-c4nc(-c5ccc6c(c5)C(C)(C)CC6(C)C)nc(-c5nc6ccccc6nc5-c5ccccc5)n4)c3)c2)c1. The van der Waals surface area contributed by atoms with E-state index in [4.69, 9.17) is 44.9 Å². The van der Waals surface area contributed by atoms with Gasteiger partial charge in [0.1, 0.15) is 11.4 Å². The second kappa shape index (κ2) is 24.6. The van der Waals surface area contributed by atoms with Gasteiger partial charge in [0, 0.05) is 55.9 Å². The third kappa shape index (κ3) is 11.5. The van der Waals surface area contributed by atoms with E-state index in [9.17, 15) is 0 Å². The van der Waals surface area contributed by atoms with Gasteiger partial charge in [0.15, 0.2) is 34.9 Å². The molecule has 0 saturated carbocycles. The minimum Gasteiger partial charge on any atom is -0.256 e. The van der Waals surface area contributed by atoms with Crippen LogP contribution in [0.3, 0.4) is 0 Å². The van der Waals surface area contributed by atoms with Gasteiger partial charge in [-0.3, -0.25) is 4.98 Å². The third-order valence-corrected chi connectivity index (χ3v) is 21.4. The molecule has 0 N–H and O–H groups in total. The molecule has 4 aromatic heterocycles. The molecule has 0 radical (unpaired) electrons. The first-order valence-corrected chi connectivity index (χ1v) is 35.1. The number of rotatable bonds is 12. The molecule has 4 heterocycles. The Balaban J connectivity index is 0.682. The van der Waals surface area contributed by atoms with Gasteiger partial charge in [-0.15, -0.1) is 0 Å². The standard InChI is InChI=1S/C92H75N9/c1-57-50-77-76(55-73(57)59-39-43-64(44-40-59)85-97-83(62-24-13-10-14-25-62)96-84(98-85)63-41-37-58(38-42-63)72-34-20-26-60-32-21-49-93-80(60)72)89(2,3)47-48-92(77,8)71-33-19-30-68(53-71)66-28-17-27-65(51-66)67-29-18-31-69(52-67)86-99-87(70-45-46-74-75(54-70)91(6,7)56-90(74,4)5)101-88(100-86)82-81(61-22-11-9-12-23-61)94-78-35-15-16-36-79(78)95-82/h9-46,49-55H,47-48,56H2,1-8H3. The van der Waals surface area contributed by atoms with E-state index in [0.29, 0.717) is 46.3 Å². The molecular formula is C92H75N9. The predicted molar refractivity (Wildman–Crippen MR) is 412 cm³/mol. The Morgan fingerprint density at radius 2 is 0.723 bits per heavy atom. The lowest BCUT2D eigenvalue weighted by molar-refractivity contribution is 0.349. The van der Waals surface area contributed by atoms with Crippen LogP contribution in [0.2, 0.25) is 0 Å². The fourth-order valence-corrected chi connectivity index (χ4v) is 16.0. The summed E-state index contributed by atoms with van der Waals surface area (Å²) >= 11 is 0. The van der Waals surface area contributed by atoms with E-state index in [1.807, 2.05) is 72.9 Å². The van der Waals surface area contributed by atoms with E-state index in [1.165, 1.54) is 44.5 Å². The Kier molecular flexibility index (Phi) is 15.2. The van der Waals surface area contributed by atoms with Gasteiger partial charge in [-0.2, -0.15) is 0 Å². The van der Waals surface area contributed by atoms with E-state index in [0.717, 1.165) is 108 Å². The summed E-state index contributed by atoms with van der Waals surface area (Å²) in [6.45, 7) is 18.9.